The molecule has 0 aliphatic carbocycles. The van der Waals surface area contributed by atoms with Crippen LogP contribution in [0.2, 0.25) is 0 Å². The predicted octanol–water partition coefficient (Wildman–Crippen LogP) is 2.13. The molecule has 1 atom stereocenters. The molecule has 0 amide bonds. The second-order valence-corrected chi connectivity index (χ2v) is 3.50. The van der Waals surface area contributed by atoms with Crippen LogP contribution in [0.15, 0.2) is 12.2 Å². The van der Waals surface area contributed by atoms with Crippen molar-refractivity contribution in [1.29, 1.82) is 0 Å². The molecular formula is C10H14O. The van der Waals surface area contributed by atoms with Crippen molar-refractivity contribution in [3.05, 3.63) is 12.2 Å². The second-order valence-electron chi connectivity index (χ2n) is 3.50. The number of hydrogen-bond donors (Lipinski definition) is 0. The minimum Gasteiger partial charge on any atom is -0.367 e. The fourth-order valence-electron chi connectivity index (χ4n) is 1.12. The van der Waals surface area contributed by atoms with Crippen LogP contribution in [0.1, 0.15) is 26.7 Å². The molecule has 0 aromatic carbocycles. The molecule has 1 fully saturated rings. The molecule has 1 unspecified atom stereocenters. The minimum atomic E-state index is 0.0921. The Bertz CT molecular complexity index is 207. The Morgan fingerprint density at radius 3 is 2.64 bits per heavy atom. The van der Waals surface area contributed by atoms with E-state index >= 15 is 0 Å². The molecule has 1 nitrogen and oxygen atoms in total. The molecule has 0 N–H and O–H groups in total. The van der Waals surface area contributed by atoms with Crippen LogP contribution in [0.25, 0.3) is 0 Å². The van der Waals surface area contributed by atoms with Gasteiger partial charge in [0.05, 0.1) is 11.7 Å². The maximum Gasteiger partial charge on any atom is 0.0892 e. The Kier molecular flexibility index (Phi) is 2.06. The summed E-state index contributed by atoms with van der Waals surface area (Å²) in [5.41, 5.74) is 0.964. The van der Waals surface area contributed by atoms with E-state index < -0.39 is 0 Å². The van der Waals surface area contributed by atoms with Gasteiger partial charge in [-0.3, -0.25) is 0 Å². The lowest BCUT2D eigenvalue weighted by molar-refractivity contribution is 0.320. The molecule has 11 heavy (non-hydrogen) atoms. The molecule has 0 spiro atoms. The topological polar surface area (TPSA) is 12.5 Å². The van der Waals surface area contributed by atoms with Crippen LogP contribution in [0.3, 0.4) is 0 Å². The van der Waals surface area contributed by atoms with Crippen LogP contribution in [0, 0.1) is 12.3 Å². The van der Waals surface area contributed by atoms with Crippen LogP contribution >= 0.6 is 0 Å². The van der Waals surface area contributed by atoms with Crippen molar-refractivity contribution in [3.8, 4) is 12.3 Å². The van der Waals surface area contributed by atoms with Gasteiger partial charge in [0.25, 0.3) is 0 Å². The summed E-state index contributed by atoms with van der Waals surface area (Å²) in [4.78, 5) is 0. The molecule has 0 bridgehead atoms. The van der Waals surface area contributed by atoms with Crippen molar-refractivity contribution in [2.24, 2.45) is 0 Å². The summed E-state index contributed by atoms with van der Waals surface area (Å²) in [6, 6.07) is 0. The summed E-state index contributed by atoms with van der Waals surface area (Å²) in [5, 5.41) is 0. The van der Waals surface area contributed by atoms with Gasteiger partial charge in [0.15, 0.2) is 0 Å². The van der Waals surface area contributed by atoms with Crippen molar-refractivity contribution in [1.82, 2.24) is 0 Å². The van der Waals surface area contributed by atoms with Crippen LogP contribution in [-0.4, -0.2) is 11.7 Å². The highest BCUT2D eigenvalue weighted by Crippen LogP contribution is 2.38. The van der Waals surface area contributed by atoms with Crippen LogP contribution < -0.4 is 0 Å². The normalized spacial score (nSPS) is 25.7. The average Bonchev–Trinajstić information content (AvgIpc) is 2.54. The maximum absolute atomic E-state index is 5.39. The third kappa shape index (κ3) is 2.10. The molecule has 60 valence electrons. The number of allylic oxidation sites excluding steroid dienone is 1. The van der Waals surface area contributed by atoms with Crippen molar-refractivity contribution in [2.45, 2.75) is 38.4 Å². The van der Waals surface area contributed by atoms with Gasteiger partial charge >= 0.3 is 0 Å². The fourth-order valence-corrected chi connectivity index (χ4v) is 1.12. The Balaban J connectivity index is 2.17. The largest absolute Gasteiger partial charge is 0.367 e. The predicted molar refractivity (Wildman–Crippen MR) is 46.2 cm³/mol. The lowest BCUT2D eigenvalue weighted by Crippen LogP contribution is -2.02. The van der Waals surface area contributed by atoms with Gasteiger partial charge in [0.1, 0.15) is 0 Å². The smallest absolute Gasteiger partial charge is 0.0892 e. The van der Waals surface area contributed by atoms with Crippen LogP contribution in [0.5, 0.6) is 0 Å². The third-order valence-corrected chi connectivity index (χ3v) is 2.08. The standard InChI is InChI=1S/C10H14O/c1-5-8(2)6-7-9-10(3,4)11-9/h1,9H,2,6-7H2,3-4H3. The zero-order valence-electron chi connectivity index (χ0n) is 7.18. The van der Waals surface area contributed by atoms with Gasteiger partial charge in [-0.25, -0.2) is 0 Å². The lowest BCUT2D eigenvalue weighted by atomic mass is 10.0. The SMILES string of the molecule is C#CC(=C)CCC1OC1(C)C. The van der Waals surface area contributed by atoms with Crippen molar-refractivity contribution in [3.63, 3.8) is 0 Å². The molecule has 1 rings (SSSR count). The summed E-state index contributed by atoms with van der Waals surface area (Å²) in [6.45, 7) is 7.92. The van der Waals surface area contributed by atoms with Crippen molar-refractivity contribution >= 4 is 0 Å². The van der Waals surface area contributed by atoms with Gasteiger partial charge in [0.2, 0.25) is 0 Å². The Hall–Kier alpha value is -0.740. The number of epoxide rings is 1. The lowest BCUT2D eigenvalue weighted by Gasteiger charge is -1.95. The van der Waals surface area contributed by atoms with Gasteiger partial charge in [-0.15, -0.1) is 6.42 Å². The Morgan fingerprint density at radius 2 is 2.27 bits per heavy atom. The van der Waals surface area contributed by atoms with Gasteiger partial charge in [0, 0.05) is 0 Å². The zero-order valence-corrected chi connectivity index (χ0v) is 7.18. The maximum atomic E-state index is 5.39. The minimum absolute atomic E-state index is 0.0921. The van der Waals surface area contributed by atoms with Crippen molar-refractivity contribution in [2.75, 3.05) is 0 Å². The number of hydrogen-bond acceptors (Lipinski definition) is 1. The van der Waals surface area contributed by atoms with Crippen LogP contribution in [0.4, 0.5) is 0 Å². The molecule has 1 heterocycles. The van der Waals surface area contributed by atoms with E-state index in [1.165, 1.54) is 0 Å². The first-order valence-electron chi connectivity index (χ1n) is 3.88. The zero-order chi connectivity index (χ0) is 8.48. The molecule has 1 aliphatic heterocycles. The molecule has 1 heteroatoms. The van der Waals surface area contributed by atoms with E-state index in [-0.39, 0.29) is 5.60 Å². The number of terminal acetylenes is 1. The van der Waals surface area contributed by atoms with Gasteiger partial charge < -0.3 is 4.74 Å². The summed E-state index contributed by atoms with van der Waals surface area (Å²) in [5.74, 6) is 2.53. The van der Waals surface area contributed by atoms with Gasteiger partial charge in [-0.05, 0) is 32.3 Å². The highest BCUT2D eigenvalue weighted by atomic mass is 16.6. The second kappa shape index (κ2) is 2.71. The van der Waals surface area contributed by atoms with E-state index in [1.807, 2.05) is 0 Å². The van der Waals surface area contributed by atoms with E-state index in [0.717, 1.165) is 18.4 Å². The summed E-state index contributed by atoms with van der Waals surface area (Å²) in [7, 11) is 0. The van der Waals surface area contributed by atoms with E-state index in [4.69, 9.17) is 11.2 Å². The highest BCUT2D eigenvalue weighted by Gasteiger charge is 2.46. The van der Waals surface area contributed by atoms with Crippen molar-refractivity contribution < 1.29 is 4.74 Å². The average molecular weight is 150 g/mol. The molecule has 1 aliphatic rings. The fraction of sp³-hybridized carbons (Fsp3) is 0.600. The summed E-state index contributed by atoms with van der Waals surface area (Å²) >= 11 is 0. The molecular weight excluding hydrogens is 136 g/mol. The number of ether oxygens (including phenoxy) is 1. The van der Waals surface area contributed by atoms with E-state index in [1.54, 1.807) is 0 Å². The highest BCUT2D eigenvalue weighted by molar-refractivity contribution is 5.21. The molecule has 0 saturated carbocycles. The summed E-state index contributed by atoms with van der Waals surface area (Å²) < 4.78 is 5.39. The number of rotatable bonds is 3. The molecule has 0 aromatic rings. The molecule has 1 saturated heterocycles. The van der Waals surface area contributed by atoms with Crippen LogP contribution in [-0.2, 0) is 4.74 Å². The van der Waals surface area contributed by atoms with E-state index in [0.29, 0.717) is 6.10 Å². The quantitative estimate of drug-likeness (QED) is 0.443. The first kappa shape index (κ1) is 8.36. The first-order chi connectivity index (χ1) is 5.06. The van der Waals surface area contributed by atoms with E-state index in [9.17, 15) is 0 Å². The summed E-state index contributed by atoms with van der Waals surface area (Å²) in [6.07, 6.45) is 7.46. The van der Waals surface area contributed by atoms with Gasteiger partial charge in [-0.1, -0.05) is 12.5 Å². The monoisotopic (exact) mass is 150 g/mol. The third-order valence-electron chi connectivity index (χ3n) is 2.08. The molecule has 0 radical (unpaired) electrons. The Labute approximate surface area is 68.4 Å². The first-order valence-corrected chi connectivity index (χ1v) is 3.88. The van der Waals surface area contributed by atoms with Gasteiger partial charge in [-0.2, -0.15) is 0 Å². The van der Waals surface area contributed by atoms with E-state index in [2.05, 4.69) is 26.3 Å². The Morgan fingerprint density at radius 1 is 1.73 bits per heavy atom. The molecule has 0 aromatic heterocycles.